The van der Waals surface area contributed by atoms with Crippen molar-refractivity contribution >= 4 is 21.9 Å². The van der Waals surface area contributed by atoms with E-state index in [-0.39, 0.29) is 5.63 Å². The van der Waals surface area contributed by atoms with Crippen LogP contribution in [0.1, 0.15) is 16.7 Å². The Labute approximate surface area is 97.7 Å². The van der Waals surface area contributed by atoms with E-state index in [1.54, 1.807) is 6.26 Å². The Morgan fingerprint density at radius 3 is 2.53 bits per heavy atom. The minimum Gasteiger partial charge on any atom is -0.464 e. The van der Waals surface area contributed by atoms with Crippen molar-refractivity contribution in [2.75, 3.05) is 0 Å². The molecule has 17 heavy (non-hydrogen) atoms. The van der Waals surface area contributed by atoms with Gasteiger partial charge in [0.05, 0.1) is 11.6 Å². The molecule has 0 aliphatic carbocycles. The first-order chi connectivity index (χ1) is 8.09. The maximum Gasteiger partial charge on any atom is 0.336 e. The van der Waals surface area contributed by atoms with Gasteiger partial charge in [-0.15, -0.1) is 0 Å². The monoisotopic (exact) mass is 228 g/mol. The highest BCUT2D eigenvalue weighted by molar-refractivity contribution is 6.06. The first-order valence-corrected chi connectivity index (χ1v) is 5.50. The lowest BCUT2D eigenvalue weighted by atomic mass is 10.0. The molecule has 0 aliphatic heterocycles. The second kappa shape index (κ2) is 3.23. The molecule has 0 saturated carbocycles. The van der Waals surface area contributed by atoms with Crippen LogP contribution < -0.4 is 5.63 Å². The minimum atomic E-state index is -0.331. The number of fused-ring (bicyclic) bond motifs is 3. The number of benzene rings is 1. The number of rotatable bonds is 0. The van der Waals surface area contributed by atoms with Gasteiger partial charge in [0.25, 0.3) is 0 Å². The van der Waals surface area contributed by atoms with Gasteiger partial charge in [-0.25, -0.2) is 4.79 Å². The maximum atomic E-state index is 11.4. The van der Waals surface area contributed by atoms with Crippen LogP contribution in [0.4, 0.5) is 0 Å². The summed E-state index contributed by atoms with van der Waals surface area (Å²) in [6.45, 7) is 5.98. The summed E-state index contributed by atoms with van der Waals surface area (Å²) in [7, 11) is 0. The van der Waals surface area contributed by atoms with Crippen LogP contribution in [0.2, 0.25) is 0 Å². The van der Waals surface area contributed by atoms with Crippen LogP contribution >= 0.6 is 0 Å². The molecule has 0 aliphatic rings. The average Bonchev–Trinajstić information content (AvgIpc) is 2.68. The predicted octanol–water partition coefficient (Wildman–Crippen LogP) is 3.46. The van der Waals surface area contributed by atoms with Gasteiger partial charge in [-0.3, -0.25) is 0 Å². The molecule has 2 heterocycles. The summed E-state index contributed by atoms with van der Waals surface area (Å²) in [6.07, 6.45) is 1.70. The van der Waals surface area contributed by atoms with E-state index in [0.29, 0.717) is 5.58 Å². The minimum absolute atomic E-state index is 0.331. The van der Waals surface area contributed by atoms with Gasteiger partial charge in [0.2, 0.25) is 0 Å². The molecule has 0 spiro atoms. The Bertz CT molecular complexity index is 790. The first-order valence-electron chi connectivity index (χ1n) is 5.50. The van der Waals surface area contributed by atoms with Gasteiger partial charge in [0.1, 0.15) is 11.2 Å². The van der Waals surface area contributed by atoms with Gasteiger partial charge in [-0.05, 0) is 43.5 Å². The summed E-state index contributed by atoms with van der Waals surface area (Å²) >= 11 is 0. The Kier molecular flexibility index (Phi) is 1.93. The number of aryl methyl sites for hydroxylation is 3. The van der Waals surface area contributed by atoms with Crippen LogP contribution in [0.25, 0.3) is 21.9 Å². The number of hydrogen-bond donors (Lipinski definition) is 0. The Morgan fingerprint density at radius 1 is 1.00 bits per heavy atom. The molecule has 0 atom stereocenters. The third-order valence-corrected chi connectivity index (χ3v) is 3.34. The zero-order valence-electron chi connectivity index (χ0n) is 9.96. The summed E-state index contributed by atoms with van der Waals surface area (Å²) in [5.74, 6) is 0. The van der Waals surface area contributed by atoms with Gasteiger partial charge >= 0.3 is 5.63 Å². The van der Waals surface area contributed by atoms with E-state index in [4.69, 9.17) is 8.83 Å². The van der Waals surface area contributed by atoms with Crippen molar-refractivity contribution in [2.24, 2.45) is 0 Å². The van der Waals surface area contributed by atoms with E-state index in [0.717, 1.165) is 33.0 Å². The molecule has 0 bridgehead atoms. The predicted molar refractivity (Wildman–Crippen MR) is 66.5 cm³/mol. The van der Waals surface area contributed by atoms with Gasteiger partial charge in [-0.1, -0.05) is 0 Å². The fourth-order valence-electron chi connectivity index (χ4n) is 2.27. The van der Waals surface area contributed by atoms with Crippen LogP contribution in [0, 0.1) is 20.8 Å². The van der Waals surface area contributed by atoms with Crippen molar-refractivity contribution < 1.29 is 8.83 Å². The van der Waals surface area contributed by atoms with Crippen LogP contribution in [0.5, 0.6) is 0 Å². The van der Waals surface area contributed by atoms with E-state index >= 15 is 0 Å². The number of furan rings is 1. The highest BCUT2D eigenvalue weighted by Crippen LogP contribution is 2.34. The zero-order chi connectivity index (χ0) is 12.2. The molecule has 86 valence electrons. The number of hydrogen-bond acceptors (Lipinski definition) is 3. The van der Waals surface area contributed by atoms with Crippen molar-refractivity contribution in [3.05, 3.63) is 45.5 Å². The Morgan fingerprint density at radius 2 is 1.76 bits per heavy atom. The van der Waals surface area contributed by atoms with E-state index < -0.39 is 0 Å². The summed E-state index contributed by atoms with van der Waals surface area (Å²) in [5, 5.41) is 1.87. The van der Waals surface area contributed by atoms with Gasteiger partial charge in [0.15, 0.2) is 0 Å². The molecule has 3 nitrogen and oxygen atoms in total. The van der Waals surface area contributed by atoms with Crippen molar-refractivity contribution in [3.8, 4) is 0 Å². The van der Waals surface area contributed by atoms with Crippen LogP contribution in [0.3, 0.4) is 0 Å². The highest BCUT2D eigenvalue weighted by Gasteiger charge is 2.15. The third-order valence-electron chi connectivity index (χ3n) is 3.34. The lowest BCUT2D eigenvalue weighted by molar-refractivity contribution is 0.563. The van der Waals surface area contributed by atoms with Gasteiger partial charge in [0, 0.05) is 11.5 Å². The molecule has 0 unspecified atom stereocenters. The van der Waals surface area contributed by atoms with Crippen molar-refractivity contribution in [2.45, 2.75) is 20.8 Å². The Balaban J connectivity index is 2.74. The summed E-state index contributed by atoms with van der Waals surface area (Å²) in [5.41, 5.74) is 4.27. The topological polar surface area (TPSA) is 43.4 Å². The maximum absolute atomic E-state index is 11.4. The Hall–Kier alpha value is -2.03. The fraction of sp³-hybridized carbons (Fsp3) is 0.214. The third kappa shape index (κ3) is 1.25. The normalized spacial score (nSPS) is 11.5. The first kappa shape index (κ1) is 10.1. The summed E-state index contributed by atoms with van der Waals surface area (Å²) in [4.78, 5) is 11.4. The van der Waals surface area contributed by atoms with Crippen molar-refractivity contribution in [1.29, 1.82) is 0 Å². The van der Waals surface area contributed by atoms with Crippen LogP contribution in [-0.4, -0.2) is 0 Å². The SMILES string of the molecule is Cc1c(C)c2occ(C)c2c2oc(=O)ccc12. The van der Waals surface area contributed by atoms with E-state index in [1.165, 1.54) is 6.07 Å². The standard InChI is InChI=1S/C14H12O3/c1-7-6-16-13-9(3)8(2)10-4-5-11(15)17-14(10)12(7)13/h4-6H,1-3H3. The van der Waals surface area contributed by atoms with E-state index in [2.05, 4.69) is 0 Å². The van der Waals surface area contributed by atoms with Gasteiger partial charge < -0.3 is 8.83 Å². The van der Waals surface area contributed by atoms with Crippen molar-refractivity contribution in [3.63, 3.8) is 0 Å². The quantitative estimate of drug-likeness (QED) is 0.553. The second-order valence-corrected chi connectivity index (χ2v) is 4.37. The molecule has 0 fully saturated rings. The fourth-order valence-corrected chi connectivity index (χ4v) is 2.27. The van der Waals surface area contributed by atoms with Gasteiger partial charge in [-0.2, -0.15) is 0 Å². The summed E-state index contributed by atoms with van der Waals surface area (Å²) in [6, 6.07) is 3.27. The molecule has 2 aromatic heterocycles. The molecular weight excluding hydrogens is 216 g/mol. The summed E-state index contributed by atoms with van der Waals surface area (Å²) < 4.78 is 10.9. The molecule has 3 aromatic rings. The second-order valence-electron chi connectivity index (χ2n) is 4.37. The van der Waals surface area contributed by atoms with E-state index in [1.807, 2.05) is 26.8 Å². The smallest absolute Gasteiger partial charge is 0.336 e. The molecule has 3 rings (SSSR count). The van der Waals surface area contributed by atoms with E-state index in [9.17, 15) is 4.79 Å². The molecule has 0 N–H and O–H groups in total. The molecule has 0 amide bonds. The molecule has 0 saturated heterocycles. The molecular formula is C14H12O3. The lowest BCUT2D eigenvalue weighted by Gasteiger charge is -2.06. The molecule has 3 heteroatoms. The highest BCUT2D eigenvalue weighted by atomic mass is 16.4. The molecule has 1 aromatic carbocycles. The lowest BCUT2D eigenvalue weighted by Crippen LogP contribution is -1.97. The largest absolute Gasteiger partial charge is 0.464 e. The van der Waals surface area contributed by atoms with Crippen LogP contribution in [-0.2, 0) is 0 Å². The zero-order valence-corrected chi connectivity index (χ0v) is 9.96. The van der Waals surface area contributed by atoms with Crippen LogP contribution in [0.15, 0.2) is 32.0 Å². The molecule has 0 radical (unpaired) electrons. The average molecular weight is 228 g/mol. The van der Waals surface area contributed by atoms with Crippen molar-refractivity contribution in [1.82, 2.24) is 0 Å².